The summed E-state index contributed by atoms with van der Waals surface area (Å²) in [5.41, 5.74) is 4.83. The highest BCUT2D eigenvalue weighted by atomic mass is 35.5. The number of amides is 1. The van der Waals surface area contributed by atoms with Gasteiger partial charge in [0.05, 0.1) is 0 Å². The lowest BCUT2D eigenvalue weighted by atomic mass is 10.0. The summed E-state index contributed by atoms with van der Waals surface area (Å²) >= 11 is 1.92. The van der Waals surface area contributed by atoms with Gasteiger partial charge in [-0.05, 0) is 23.6 Å². The molecule has 1 saturated heterocycles. The highest BCUT2D eigenvalue weighted by Crippen LogP contribution is 2.20. The monoisotopic (exact) mass is 376 g/mol. The fourth-order valence-electron chi connectivity index (χ4n) is 2.89. The Balaban J connectivity index is 0.00000225. The molecule has 0 aliphatic carbocycles. The lowest BCUT2D eigenvalue weighted by molar-refractivity contribution is -0.121. The van der Waals surface area contributed by atoms with Gasteiger partial charge in [-0.2, -0.15) is 11.8 Å². The van der Waals surface area contributed by atoms with E-state index in [1.54, 1.807) is 0 Å². The van der Waals surface area contributed by atoms with Crippen LogP contribution in [0, 0.1) is 6.92 Å². The van der Waals surface area contributed by atoms with Gasteiger partial charge in [-0.1, -0.05) is 54.1 Å². The van der Waals surface area contributed by atoms with Crippen LogP contribution in [0.2, 0.25) is 0 Å². The van der Waals surface area contributed by atoms with Crippen molar-refractivity contribution < 1.29 is 4.79 Å². The van der Waals surface area contributed by atoms with Crippen molar-refractivity contribution in [2.24, 2.45) is 0 Å². The van der Waals surface area contributed by atoms with Crippen LogP contribution in [0.5, 0.6) is 0 Å². The number of carbonyl (C=O) groups excluding carboxylic acids is 1. The van der Waals surface area contributed by atoms with Crippen molar-refractivity contribution in [3.63, 3.8) is 0 Å². The van der Waals surface area contributed by atoms with Crippen molar-refractivity contribution >= 4 is 30.1 Å². The lowest BCUT2D eigenvalue weighted by Gasteiger charge is -2.22. The van der Waals surface area contributed by atoms with Gasteiger partial charge in [0.25, 0.3) is 0 Å². The average molecular weight is 377 g/mol. The molecule has 1 heterocycles. The molecule has 1 aliphatic heterocycles. The maximum atomic E-state index is 12.1. The number of nitrogens with one attached hydrogen (secondary N) is 2. The summed E-state index contributed by atoms with van der Waals surface area (Å²) in [4.78, 5) is 12.1. The van der Waals surface area contributed by atoms with E-state index in [1.165, 1.54) is 16.7 Å². The highest BCUT2D eigenvalue weighted by Gasteiger charge is 2.16. The number of rotatable bonds is 5. The SMILES string of the molecule is Cc1cccc(-c2ccc(CNC(=O)CC3CSCCN3)cc2)c1.Cl. The minimum absolute atomic E-state index is 0. The van der Waals surface area contributed by atoms with Crippen LogP contribution < -0.4 is 10.6 Å². The van der Waals surface area contributed by atoms with E-state index in [-0.39, 0.29) is 18.3 Å². The van der Waals surface area contributed by atoms with Gasteiger partial charge in [-0.25, -0.2) is 0 Å². The van der Waals surface area contributed by atoms with Crippen LogP contribution in [-0.2, 0) is 11.3 Å². The van der Waals surface area contributed by atoms with Crippen LogP contribution in [0.3, 0.4) is 0 Å². The molecule has 25 heavy (non-hydrogen) atoms. The molecule has 0 aromatic heterocycles. The molecule has 1 aliphatic rings. The van der Waals surface area contributed by atoms with Crippen LogP contribution >= 0.6 is 24.2 Å². The Morgan fingerprint density at radius 2 is 2.00 bits per heavy atom. The molecule has 1 unspecified atom stereocenters. The first-order chi connectivity index (χ1) is 11.7. The first-order valence-electron chi connectivity index (χ1n) is 8.44. The average Bonchev–Trinajstić information content (AvgIpc) is 2.61. The minimum Gasteiger partial charge on any atom is -0.352 e. The van der Waals surface area contributed by atoms with Gasteiger partial charge in [0.1, 0.15) is 0 Å². The zero-order valence-corrected chi connectivity index (χ0v) is 16.1. The topological polar surface area (TPSA) is 41.1 Å². The van der Waals surface area contributed by atoms with Crippen LogP contribution in [0.1, 0.15) is 17.5 Å². The Bertz CT molecular complexity index is 684. The quantitative estimate of drug-likeness (QED) is 0.834. The summed E-state index contributed by atoms with van der Waals surface area (Å²) in [5, 5.41) is 6.42. The van der Waals surface area contributed by atoms with Crippen LogP contribution in [0.25, 0.3) is 11.1 Å². The molecule has 1 fully saturated rings. The summed E-state index contributed by atoms with van der Waals surface area (Å²) in [6.45, 7) is 3.70. The molecule has 5 heteroatoms. The molecule has 0 radical (unpaired) electrons. The van der Waals surface area contributed by atoms with E-state index >= 15 is 0 Å². The Labute approximate surface area is 160 Å². The first-order valence-corrected chi connectivity index (χ1v) is 9.60. The Kier molecular flexibility index (Phi) is 7.82. The zero-order chi connectivity index (χ0) is 16.8. The van der Waals surface area contributed by atoms with Crippen LogP contribution in [0.15, 0.2) is 48.5 Å². The molecule has 2 aromatic carbocycles. The Morgan fingerprint density at radius 3 is 2.68 bits per heavy atom. The molecule has 3 rings (SSSR count). The predicted molar refractivity (Wildman–Crippen MR) is 109 cm³/mol. The van der Waals surface area contributed by atoms with Crippen molar-refractivity contribution in [1.29, 1.82) is 0 Å². The summed E-state index contributed by atoms with van der Waals surface area (Å²) in [5.74, 6) is 2.29. The number of hydrogen-bond donors (Lipinski definition) is 2. The number of aryl methyl sites for hydroxylation is 1. The lowest BCUT2D eigenvalue weighted by Crippen LogP contribution is -2.41. The number of thioether (sulfide) groups is 1. The summed E-state index contributed by atoms with van der Waals surface area (Å²) < 4.78 is 0. The van der Waals surface area contributed by atoms with E-state index in [0.717, 1.165) is 23.6 Å². The van der Waals surface area contributed by atoms with Gasteiger partial charge in [0.15, 0.2) is 0 Å². The maximum absolute atomic E-state index is 12.1. The smallest absolute Gasteiger partial charge is 0.221 e. The van der Waals surface area contributed by atoms with Crippen molar-refractivity contribution in [2.75, 3.05) is 18.1 Å². The van der Waals surface area contributed by atoms with Crippen LogP contribution in [0.4, 0.5) is 0 Å². The van der Waals surface area contributed by atoms with Gasteiger partial charge in [0.2, 0.25) is 5.91 Å². The highest BCUT2D eigenvalue weighted by molar-refractivity contribution is 7.99. The van der Waals surface area contributed by atoms with Gasteiger partial charge in [0, 0.05) is 37.1 Å². The third-order valence-corrected chi connectivity index (χ3v) is 5.36. The molecule has 1 amide bonds. The van der Waals surface area contributed by atoms with E-state index in [9.17, 15) is 4.79 Å². The largest absolute Gasteiger partial charge is 0.352 e. The Hall–Kier alpha value is -1.49. The van der Waals surface area contributed by atoms with E-state index in [0.29, 0.717) is 19.0 Å². The third kappa shape index (κ3) is 6.07. The van der Waals surface area contributed by atoms with E-state index in [2.05, 4.69) is 66.1 Å². The predicted octanol–water partition coefficient (Wildman–Crippen LogP) is 3.80. The fraction of sp³-hybridized carbons (Fsp3) is 0.350. The van der Waals surface area contributed by atoms with Crippen molar-refractivity contribution in [3.8, 4) is 11.1 Å². The van der Waals surface area contributed by atoms with E-state index < -0.39 is 0 Å². The third-order valence-electron chi connectivity index (χ3n) is 4.23. The van der Waals surface area contributed by atoms with E-state index in [1.807, 2.05) is 11.8 Å². The second-order valence-corrected chi connectivity index (χ2v) is 7.42. The molecule has 3 nitrogen and oxygen atoms in total. The normalized spacial score (nSPS) is 16.8. The second-order valence-electron chi connectivity index (χ2n) is 6.27. The standard InChI is InChI=1S/C20H24N2OS.ClH/c1-15-3-2-4-18(11-15)17-7-5-16(6-8-17)13-22-20(23)12-19-14-24-10-9-21-19;/h2-8,11,19,21H,9-10,12-14H2,1H3,(H,22,23);1H. The molecule has 2 N–H and O–H groups in total. The first kappa shape index (κ1) is 19.8. The molecular weight excluding hydrogens is 352 g/mol. The summed E-state index contributed by atoms with van der Waals surface area (Å²) in [7, 11) is 0. The number of halogens is 1. The summed E-state index contributed by atoms with van der Waals surface area (Å²) in [6.07, 6.45) is 0.564. The van der Waals surface area contributed by atoms with Crippen LogP contribution in [-0.4, -0.2) is 30.0 Å². The Morgan fingerprint density at radius 1 is 1.20 bits per heavy atom. The van der Waals surface area contributed by atoms with Gasteiger partial charge in [-0.3, -0.25) is 4.79 Å². The molecule has 134 valence electrons. The molecule has 0 saturated carbocycles. The molecular formula is C20H25ClN2OS. The fourth-order valence-corrected chi connectivity index (χ4v) is 3.84. The molecule has 0 spiro atoms. The molecule has 0 bridgehead atoms. The van der Waals surface area contributed by atoms with Crippen molar-refractivity contribution in [3.05, 3.63) is 59.7 Å². The van der Waals surface area contributed by atoms with Gasteiger partial charge >= 0.3 is 0 Å². The van der Waals surface area contributed by atoms with Gasteiger partial charge < -0.3 is 10.6 Å². The number of hydrogen-bond acceptors (Lipinski definition) is 3. The van der Waals surface area contributed by atoms with E-state index in [4.69, 9.17) is 0 Å². The number of benzene rings is 2. The maximum Gasteiger partial charge on any atom is 0.221 e. The van der Waals surface area contributed by atoms with Crippen molar-refractivity contribution in [2.45, 2.75) is 25.9 Å². The van der Waals surface area contributed by atoms with Crippen molar-refractivity contribution in [1.82, 2.24) is 10.6 Å². The zero-order valence-electron chi connectivity index (χ0n) is 14.5. The van der Waals surface area contributed by atoms with Gasteiger partial charge in [-0.15, -0.1) is 12.4 Å². The second kappa shape index (κ2) is 9.85. The minimum atomic E-state index is 0. The summed E-state index contributed by atoms with van der Waals surface area (Å²) in [6, 6.07) is 17.2. The molecule has 1 atom stereocenters. The molecule has 2 aromatic rings. The number of carbonyl (C=O) groups is 1.